The lowest BCUT2D eigenvalue weighted by molar-refractivity contribution is -0.137. The summed E-state index contributed by atoms with van der Waals surface area (Å²) in [6.07, 6.45) is 5.30. The quantitative estimate of drug-likeness (QED) is 0.342. The van der Waals surface area contributed by atoms with Gasteiger partial charge >= 0.3 is 5.97 Å². The largest absolute Gasteiger partial charge is 0.508 e. The number of carboxylic acids is 1. The van der Waals surface area contributed by atoms with Crippen LogP contribution in [0.25, 0.3) is 34.5 Å². The van der Waals surface area contributed by atoms with Gasteiger partial charge in [0, 0.05) is 16.8 Å². The van der Waals surface area contributed by atoms with Crippen LogP contribution in [-0.4, -0.2) is 25.7 Å². The number of aliphatic carboxylic acids is 1. The van der Waals surface area contributed by atoms with Gasteiger partial charge in [-0.1, -0.05) is 65.7 Å². The number of nitrogens with zero attached hydrogens (tertiary/aromatic N) is 2. The number of aromatic nitrogens is 2. The Balaban J connectivity index is 1.61. The molecule has 3 aromatic carbocycles. The summed E-state index contributed by atoms with van der Waals surface area (Å²) in [5.74, 6) is -0.246. The third kappa shape index (κ3) is 5.02. The number of aromatic hydroxyl groups is 1. The van der Waals surface area contributed by atoms with Crippen molar-refractivity contribution < 1.29 is 15.0 Å². The molecular weight excluding hydrogens is 447 g/mol. The number of halogens is 2. The Morgan fingerprint density at radius 2 is 1.59 bits per heavy atom. The van der Waals surface area contributed by atoms with E-state index >= 15 is 0 Å². The van der Waals surface area contributed by atoms with Crippen molar-refractivity contribution in [2.45, 2.75) is 6.54 Å². The summed E-state index contributed by atoms with van der Waals surface area (Å²) in [5.41, 5.74) is 4.20. The van der Waals surface area contributed by atoms with E-state index in [4.69, 9.17) is 23.2 Å². The maximum Gasteiger partial charge on any atom is 0.323 e. The molecule has 0 fully saturated rings. The number of imidazole rings is 1. The van der Waals surface area contributed by atoms with Crippen molar-refractivity contribution in [2.24, 2.45) is 0 Å². The van der Waals surface area contributed by atoms with Crippen molar-refractivity contribution in [1.29, 1.82) is 0 Å². The first-order valence-corrected chi connectivity index (χ1v) is 10.5. The first-order chi connectivity index (χ1) is 15.4. The maximum atomic E-state index is 11.3. The molecule has 0 aliphatic rings. The van der Waals surface area contributed by atoms with Gasteiger partial charge in [-0.2, -0.15) is 0 Å². The molecule has 4 aromatic rings. The second kappa shape index (κ2) is 9.30. The number of hydrogen-bond acceptors (Lipinski definition) is 3. The number of hydrogen-bond donors (Lipinski definition) is 2. The molecule has 160 valence electrons. The smallest absolute Gasteiger partial charge is 0.323 e. The minimum atomic E-state index is -0.968. The molecule has 5 nitrogen and oxygen atoms in total. The van der Waals surface area contributed by atoms with Crippen LogP contribution in [0.15, 0.2) is 72.9 Å². The van der Waals surface area contributed by atoms with Gasteiger partial charge in [0.1, 0.15) is 18.1 Å². The summed E-state index contributed by atoms with van der Waals surface area (Å²) >= 11 is 12.3. The summed E-state index contributed by atoms with van der Waals surface area (Å²) < 4.78 is 1.56. The van der Waals surface area contributed by atoms with E-state index in [9.17, 15) is 15.0 Å². The maximum absolute atomic E-state index is 11.3. The summed E-state index contributed by atoms with van der Waals surface area (Å²) in [7, 11) is 0. The molecule has 0 atom stereocenters. The molecule has 7 heteroatoms. The molecular formula is C25H18Cl2N2O3. The van der Waals surface area contributed by atoms with E-state index in [1.807, 2.05) is 42.5 Å². The van der Waals surface area contributed by atoms with Gasteiger partial charge < -0.3 is 14.8 Å². The van der Waals surface area contributed by atoms with E-state index in [1.165, 1.54) is 0 Å². The van der Waals surface area contributed by atoms with Crippen LogP contribution < -0.4 is 0 Å². The van der Waals surface area contributed by atoms with Crippen LogP contribution in [0.3, 0.4) is 0 Å². The molecule has 4 rings (SSSR count). The number of carboxylic acid groups (broad SMARTS) is 1. The van der Waals surface area contributed by atoms with E-state index < -0.39 is 5.97 Å². The lowest BCUT2D eigenvalue weighted by Crippen LogP contribution is -2.09. The van der Waals surface area contributed by atoms with E-state index in [0.717, 1.165) is 16.7 Å². The predicted octanol–water partition coefficient (Wildman–Crippen LogP) is 6.48. The minimum absolute atomic E-state index is 0.225. The molecule has 0 aliphatic carbocycles. The van der Waals surface area contributed by atoms with Gasteiger partial charge in [-0.15, -0.1) is 0 Å². The van der Waals surface area contributed by atoms with Crippen molar-refractivity contribution in [2.75, 3.05) is 0 Å². The Kier molecular flexibility index (Phi) is 6.30. The lowest BCUT2D eigenvalue weighted by atomic mass is 10.0. The number of phenolic OH excluding ortho intramolecular Hbond substituents is 1. The Hall–Kier alpha value is -3.54. The van der Waals surface area contributed by atoms with Crippen molar-refractivity contribution in [3.8, 4) is 28.1 Å². The van der Waals surface area contributed by atoms with Gasteiger partial charge in [0.25, 0.3) is 0 Å². The van der Waals surface area contributed by atoms with Crippen molar-refractivity contribution in [1.82, 2.24) is 9.55 Å². The van der Waals surface area contributed by atoms with Gasteiger partial charge in [0.05, 0.1) is 10.7 Å². The number of benzene rings is 3. The van der Waals surface area contributed by atoms with Crippen LogP contribution in [0.4, 0.5) is 0 Å². The van der Waals surface area contributed by atoms with Gasteiger partial charge in [-0.25, -0.2) is 4.98 Å². The van der Waals surface area contributed by atoms with Crippen LogP contribution in [-0.2, 0) is 11.3 Å². The zero-order chi connectivity index (χ0) is 22.7. The fraction of sp³-hybridized carbons (Fsp3) is 0.0400. The highest BCUT2D eigenvalue weighted by Crippen LogP contribution is 2.30. The van der Waals surface area contributed by atoms with Crippen LogP contribution in [0.2, 0.25) is 10.0 Å². The van der Waals surface area contributed by atoms with Crippen LogP contribution >= 0.6 is 23.2 Å². The fourth-order valence-electron chi connectivity index (χ4n) is 3.27. The fourth-order valence-corrected chi connectivity index (χ4v) is 3.78. The third-order valence-electron chi connectivity index (χ3n) is 4.86. The van der Waals surface area contributed by atoms with E-state index in [2.05, 4.69) is 4.98 Å². The van der Waals surface area contributed by atoms with Crippen molar-refractivity contribution in [3.63, 3.8) is 0 Å². The summed E-state index contributed by atoms with van der Waals surface area (Å²) in [6, 6.07) is 20.0. The highest BCUT2D eigenvalue weighted by molar-refractivity contribution is 6.36. The molecule has 0 bridgehead atoms. The Morgan fingerprint density at radius 1 is 0.938 bits per heavy atom. The van der Waals surface area contributed by atoms with Crippen LogP contribution in [0.5, 0.6) is 5.75 Å². The average Bonchev–Trinajstić information content (AvgIpc) is 3.15. The second-order valence-electron chi connectivity index (χ2n) is 7.13. The van der Waals surface area contributed by atoms with Crippen molar-refractivity contribution >= 4 is 41.3 Å². The van der Waals surface area contributed by atoms with E-state index in [0.29, 0.717) is 27.1 Å². The Bertz CT molecular complexity index is 1290. The molecule has 1 aromatic heterocycles. The molecule has 0 saturated carbocycles. The first kappa shape index (κ1) is 21.7. The summed E-state index contributed by atoms with van der Waals surface area (Å²) in [5, 5.41) is 19.7. The first-order valence-electron chi connectivity index (χ1n) is 9.71. The Morgan fingerprint density at radius 3 is 2.22 bits per heavy atom. The highest BCUT2D eigenvalue weighted by Gasteiger charge is 2.13. The summed E-state index contributed by atoms with van der Waals surface area (Å²) in [6.45, 7) is -0.225. The van der Waals surface area contributed by atoms with Gasteiger partial charge in [-0.3, -0.25) is 4.79 Å². The predicted molar refractivity (Wildman–Crippen MR) is 128 cm³/mol. The topological polar surface area (TPSA) is 75.3 Å². The molecule has 0 radical (unpaired) electrons. The number of carbonyl (C=O) groups is 1. The normalized spacial score (nSPS) is 11.2. The molecule has 0 spiro atoms. The van der Waals surface area contributed by atoms with Crippen LogP contribution in [0, 0.1) is 0 Å². The molecule has 32 heavy (non-hydrogen) atoms. The van der Waals surface area contributed by atoms with E-state index in [-0.39, 0.29) is 12.3 Å². The van der Waals surface area contributed by atoms with Gasteiger partial charge in [-0.05, 0) is 53.1 Å². The van der Waals surface area contributed by atoms with Gasteiger partial charge in [0.2, 0.25) is 0 Å². The number of phenols is 1. The third-order valence-corrected chi connectivity index (χ3v) is 5.40. The van der Waals surface area contributed by atoms with Gasteiger partial charge in [0.15, 0.2) is 0 Å². The molecule has 2 N–H and O–H groups in total. The average molecular weight is 465 g/mol. The highest BCUT2D eigenvalue weighted by atomic mass is 35.5. The van der Waals surface area contributed by atoms with E-state index in [1.54, 1.807) is 47.2 Å². The zero-order valence-electron chi connectivity index (χ0n) is 16.7. The molecule has 0 amide bonds. The lowest BCUT2D eigenvalue weighted by Gasteiger charge is -2.03. The SMILES string of the molecule is O=C(O)Cn1cc(-c2ccc(Cl)cc2Cl)nc1C=Cc1ccc(-c2ccc(O)cc2)cc1. The standard InChI is InChI=1S/C25H18Cl2N2O3/c26-19-8-11-21(22(27)13-19)23-14-29(15-25(31)32)24(28-23)12-3-16-1-4-17(5-2-16)18-6-9-20(30)10-7-18/h1-14,30H,15H2,(H,31,32). The number of rotatable bonds is 6. The molecule has 1 heterocycles. The zero-order valence-corrected chi connectivity index (χ0v) is 18.3. The Labute approximate surface area is 194 Å². The molecule has 0 saturated heterocycles. The minimum Gasteiger partial charge on any atom is -0.508 e. The monoisotopic (exact) mass is 464 g/mol. The second-order valence-corrected chi connectivity index (χ2v) is 7.98. The molecule has 0 unspecified atom stereocenters. The molecule has 0 aliphatic heterocycles. The van der Waals surface area contributed by atoms with Crippen LogP contribution in [0.1, 0.15) is 11.4 Å². The summed E-state index contributed by atoms with van der Waals surface area (Å²) in [4.78, 5) is 15.9. The van der Waals surface area contributed by atoms with Crippen molar-refractivity contribution in [3.05, 3.63) is 94.4 Å².